The molecule has 3 heterocycles. The van der Waals surface area contributed by atoms with E-state index in [9.17, 15) is 14.0 Å². The van der Waals surface area contributed by atoms with Crippen LogP contribution >= 0.6 is 23.2 Å². The predicted molar refractivity (Wildman–Crippen MR) is 140 cm³/mol. The highest BCUT2D eigenvalue weighted by Gasteiger charge is 2.33. The third-order valence-electron chi connectivity index (χ3n) is 6.28. The van der Waals surface area contributed by atoms with E-state index in [-0.39, 0.29) is 23.4 Å². The zero-order valence-electron chi connectivity index (χ0n) is 19.8. The molecule has 37 heavy (non-hydrogen) atoms. The fourth-order valence-corrected chi connectivity index (χ4v) is 5.03. The summed E-state index contributed by atoms with van der Waals surface area (Å²) >= 11 is 12.7. The Labute approximate surface area is 222 Å². The number of halogens is 3. The lowest BCUT2D eigenvalue weighted by atomic mass is 10.0. The van der Waals surface area contributed by atoms with Crippen LogP contribution in [-0.4, -0.2) is 43.6 Å². The number of carbonyl (C=O) groups excluding carboxylic acids is 2. The molecule has 0 fully saturated rings. The minimum atomic E-state index is -0.549. The molecule has 2 amide bonds. The summed E-state index contributed by atoms with van der Waals surface area (Å²) < 4.78 is 17.0. The fraction of sp³-hybridized carbons (Fsp3) is 0.148. The maximum absolute atomic E-state index is 13.9. The molecular formula is C27H22Cl2FN5O2. The number of aryl methyl sites for hydroxylation is 1. The summed E-state index contributed by atoms with van der Waals surface area (Å²) in [5, 5.41) is 7.74. The van der Waals surface area contributed by atoms with E-state index in [1.807, 2.05) is 12.1 Å². The standard InChI is InChI=1S/C27H22Cl2FN5O2/c1-16-21-8-3-4-9-22(21)27(37)34(16)15-20(11-17-6-5-7-19(30)10-17)32-25(36)18-12-24(29)35(14-18)26-23(28)13-31-33(26)2/h3-10,12-14,20H,1,11,15H2,2H3,(H,32,36)/t20-/m0/s1. The van der Waals surface area contributed by atoms with E-state index in [0.717, 1.165) is 5.56 Å². The van der Waals surface area contributed by atoms with Gasteiger partial charge < -0.3 is 10.2 Å². The molecule has 1 aliphatic rings. The predicted octanol–water partition coefficient (Wildman–Crippen LogP) is 5.12. The molecular weight excluding hydrogens is 516 g/mol. The quantitative estimate of drug-likeness (QED) is 0.355. The van der Waals surface area contributed by atoms with Crippen molar-refractivity contribution in [3.8, 4) is 5.82 Å². The topological polar surface area (TPSA) is 72.2 Å². The average Bonchev–Trinajstić information content (AvgIpc) is 3.48. The molecule has 0 radical (unpaired) electrons. The Balaban J connectivity index is 1.42. The largest absolute Gasteiger partial charge is 0.347 e. The van der Waals surface area contributed by atoms with E-state index in [4.69, 9.17) is 23.2 Å². The number of hydrogen-bond donors (Lipinski definition) is 1. The van der Waals surface area contributed by atoms with Gasteiger partial charge in [0.05, 0.1) is 17.8 Å². The van der Waals surface area contributed by atoms with Crippen molar-refractivity contribution in [3.63, 3.8) is 0 Å². The van der Waals surface area contributed by atoms with Crippen LogP contribution in [0.25, 0.3) is 11.5 Å². The van der Waals surface area contributed by atoms with E-state index in [1.54, 1.807) is 51.7 Å². The van der Waals surface area contributed by atoms with Crippen LogP contribution in [0.5, 0.6) is 0 Å². The van der Waals surface area contributed by atoms with Crippen LogP contribution in [0.1, 0.15) is 31.8 Å². The highest BCUT2D eigenvalue weighted by Crippen LogP contribution is 2.31. The minimum Gasteiger partial charge on any atom is -0.347 e. The van der Waals surface area contributed by atoms with Gasteiger partial charge in [0.15, 0.2) is 5.82 Å². The van der Waals surface area contributed by atoms with Crippen molar-refractivity contribution in [2.45, 2.75) is 12.5 Å². The molecule has 1 atom stereocenters. The molecule has 0 unspecified atom stereocenters. The Morgan fingerprint density at radius 1 is 1.14 bits per heavy atom. The van der Waals surface area contributed by atoms with Crippen molar-refractivity contribution in [1.82, 2.24) is 24.6 Å². The van der Waals surface area contributed by atoms with Crippen LogP contribution in [0.2, 0.25) is 10.2 Å². The maximum atomic E-state index is 13.9. The van der Waals surface area contributed by atoms with Gasteiger partial charge in [-0.05, 0) is 36.2 Å². The first kappa shape index (κ1) is 24.8. The lowest BCUT2D eigenvalue weighted by molar-refractivity contribution is 0.0819. The van der Waals surface area contributed by atoms with E-state index in [2.05, 4.69) is 17.0 Å². The Hall–Kier alpha value is -3.88. The normalized spacial score (nSPS) is 13.7. The summed E-state index contributed by atoms with van der Waals surface area (Å²) in [5.74, 6) is -0.471. The van der Waals surface area contributed by atoms with Gasteiger partial charge in [-0.2, -0.15) is 5.10 Å². The third kappa shape index (κ3) is 4.77. The highest BCUT2D eigenvalue weighted by molar-refractivity contribution is 6.33. The SMILES string of the molecule is C=C1c2ccccc2C(=O)N1C[C@H](Cc1cccc(F)c1)NC(=O)c1cc(Cl)n(-c2c(Cl)cnn2C)c1. The van der Waals surface area contributed by atoms with Gasteiger partial charge in [-0.15, -0.1) is 0 Å². The van der Waals surface area contributed by atoms with Crippen molar-refractivity contribution in [2.75, 3.05) is 6.54 Å². The Morgan fingerprint density at radius 2 is 1.89 bits per heavy atom. The second-order valence-electron chi connectivity index (χ2n) is 8.77. The van der Waals surface area contributed by atoms with Crippen molar-refractivity contribution in [1.29, 1.82) is 0 Å². The number of benzene rings is 2. The summed E-state index contributed by atoms with van der Waals surface area (Å²) in [4.78, 5) is 28.0. The van der Waals surface area contributed by atoms with Crippen molar-refractivity contribution >= 4 is 40.7 Å². The smallest absolute Gasteiger partial charge is 0.259 e. The molecule has 0 spiro atoms. The van der Waals surface area contributed by atoms with Crippen LogP contribution in [0.15, 0.2) is 73.6 Å². The molecule has 0 saturated carbocycles. The fourth-order valence-electron chi connectivity index (χ4n) is 4.52. The monoisotopic (exact) mass is 537 g/mol. The zero-order chi connectivity index (χ0) is 26.3. The molecule has 4 aromatic rings. The Morgan fingerprint density at radius 3 is 2.57 bits per heavy atom. The van der Waals surface area contributed by atoms with Crippen LogP contribution < -0.4 is 5.32 Å². The van der Waals surface area contributed by atoms with Gasteiger partial charge in [0.1, 0.15) is 16.0 Å². The number of aromatic nitrogens is 3. The molecule has 2 aromatic carbocycles. The van der Waals surface area contributed by atoms with Gasteiger partial charge in [0.2, 0.25) is 0 Å². The molecule has 7 nitrogen and oxygen atoms in total. The van der Waals surface area contributed by atoms with Crippen LogP contribution in [-0.2, 0) is 13.5 Å². The molecule has 1 N–H and O–H groups in total. The molecule has 0 bridgehead atoms. The average molecular weight is 538 g/mol. The number of hydrogen-bond acceptors (Lipinski definition) is 3. The Kier molecular flexibility index (Phi) is 6.62. The molecule has 1 aliphatic heterocycles. The van der Waals surface area contributed by atoms with E-state index in [0.29, 0.717) is 39.6 Å². The van der Waals surface area contributed by atoms with Gasteiger partial charge in [-0.1, -0.05) is 60.1 Å². The molecule has 188 valence electrons. The maximum Gasteiger partial charge on any atom is 0.259 e. The summed E-state index contributed by atoms with van der Waals surface area (Å²) in [6.07, 6.45) is 3.34. The van der Waals surface area contributed by atoms with E-state index >= 15 is 0 Å². The summed E-state index contributed by atoms with van der Waals surface area (Å²) in [6.45, 7) is 4.24. The van der Waals surface area contributed by atoms with E-state index < -0.39 is 11.9 Å². The lowest BCUT2D eigenvalue weighted by Gasteiger charge is -2.26. The van der Waals surface area contributed by atoms with Crippen molar-refractivity contribution < 1.29 is 14.0 Å². The van der Waals surface area contributed by atoms with Gasteiger partial charge >= 0.3 is 0 Å². The first-order valence-corrected chi connectivity index (χ1v) is 12.2. The molecule has 0 aliphatic carbocycles. The number of amides is 2. The van der Waals surface area contributed by atoms with Gasteiger partial charge in [0.25, 0.3) is 11.8 Å². The van der Waals surface area contributed by atoms with Crippen LogP contribution in [0, 0.1) is 5.82 Å². The summed E-state index contributed by atoms with van der Waals surface area (Å²) in [7, 11) is 1.71. The van der Waals surface area contributed by atoms with Crippen molar-refractivity contribution in [2.24, 2.45) is 7.05 Å². The molecule has 10 heteroatoms. The number of nitrogens with zero attached hydrogens (tertiary/aromatic N) is 4. The summed E-state index contributed by atoms with van der Waals surface area (Å²) in [5.41, 5.74) is 2.83. The molecule has 5 rings (SSSR count). The van der Waals surface area contributed by atoms with Gasteiger partial charge in [-0.25, -0.2) is 4.39 Å². The second kappa shape index (κ2) is 9.88. The first-order valence-electron chi connectivity index (χ1n) is 11.4. The summed E-state index contributed by atoms with van der Waals surface area (Å²) in [6, 6.07) is 14.3. The molecule has 0 saturated heterocycles. The van der Waals surface area contributed by atoms with Crippen LogP contribution in [0.3, 0.4) is 0 Å². The zero-order valence-corrected chi connectivity index (χ0v) is 21.3. The van der Waals surface area contributed by atoms with Gasteiger partial charge in [0, 0.05) is 36.6 Å². The Bertz CT molecular complexity index is 1490. The van der Waals surface area contributed by atoms with E-state index in [1.165, 1.54) is 24.4 Å². The highest BCUT2D eigenvalue weighted by atomic mass is 35.5. The van der Waals surface area contributed by atoms with Gasteiger partial charge in [-0.3, -0.25) is 18.8 Å². The number of nitrogens with one attached hydrogen (secondary N) is 1. The van der Waals surface area contributed by atoms with Crippen LogP contribution in [0.4, 0.5) is 4.39 Å². The number of rotatable bonds is 7. The second-order valence-corrected chi connectivity index (χ2v) is 9.57. The first-order chi connectivity index (χ1) is 17.7. The molecule has 2 aromatic heterocycles. The third-order valence-corrected chi connectivity index (χ3v) is 6.83. The number of carbonyl (C=O) groups is 2. The minimum absolute atomic E-state index is 0.149. The number of fused-ring (bicyclic) bond motifs is 1. The lowest BCUT2D eigenvalue weighted by Crippen LogP contribution is -2.45. The van der Waals surface area contributed by atoms with Crippen molar-refractivity contribution in [3.05, 3.63) is 112 Å².